The van der Waals surface area contributed by atoms with Gasteiger partial charge in [0.05, 0.1) is 12.2 Å². The van der Waals surface area contributed by atoms with Gasteiger partial charge in [0, 0.05) is 29.3 Å². The standard InChI is InChI=1S/C17H26N4S2/c1-5-18-17(19-9-13(4)15-7-6-8-22-15)20-10-16-21-14(11-23-16)12(2)3/h6-8,11-13H,5,9-10H2,1-4H3,(H2,18,19,20). The smallest absolute Gasteiger partial charge is 0.191 e. The Morgan fingerprint density at radius 2 is 2.09 bits per heavy atom. The van der Waals surface area contributed by atoms with Crippen LogP contribution in [-0.4, -0.2) is 24.0 Å². The Labute approximate surface area is 147 Å². The molecule has 0 saturated heterocycles. The highest BCUT2D eigenvalue weighted by Crippen LogP contribution is 2.20. The lowest BCUT2D eigenvalue weighted by Crippen LogP contribution is -2.39. The van der Waals surface area contributed by atoms with Crippen molar-refractivity contribution in [3.05, 3.63) is 38.5 Å². The molecule has 0 saturated carbocycles. The summed E-state index contributed by atoms with van der Waals surface area (Å²) in [7, 11) is 0. The molecule has 0 amide bonds. The summed E-state index contributed by atoms with van der Waals surface area (Å²) in [5.41, 5.74) is 1.16. The third-order valence-electron chi connectivity index (χ3n) is 3.48. The highest BCUT2D eigenvalue weighted by molar-refractivity contribution is 7.10. The van der Waals surface area contributed by atoms with E-state index in [0.717, 1.165) is 29.8 Å². The normalized spacial score (nSPS) is 13.3. The molecule has 0 fully saturated rings. The van der Waals surface area contributed by atoms with Gasteiger partial charge >= 0.3 is 0 Å². The molecule has 23 heavy (non-hydrogen) atoms. The van der Waals surface area contributed by atoms with Crippen LogP contribution in [0.4, 0.5) is 0 Å². The van der Waals surface area contributed by atoms with Crippen molar-refractivity contribution in [2.45, 2.75) is 46.1 Å². The number of hydrogen-bond acceptors (Lipinski definition) is 4. The van der Waals surface area contributed by atoms with E-state index in [4.69, 9.17) is 0 Å². The van der Waals surface area contributed by atoms with Crippen LogP contribution in [0.5, 0.6) is 0 Å². The average Bonchev–Trinajstić information content (AvgIpc) is 3.20. The van der Waals surface area contributed by atoms with Crippen LogP contribution in [0.3, 0.4) is 0 Å². The first kappa shape index (κ1) is 17.9. The SMILES string of the molecule is CCNC(=NCc1nc(C(C)C)cs1)NCC(C)c1cccs1. The fourth-order valence-electron chi connectivity index (χ4n) is 2.07. The number of aliphatic imine (C=N–C) groups is 1. The maximum Gasteiger partial charge on any atom is 0.191 e. The minimum Gasteiger partial charge on any atom is -0.357 e. The van der Waals surface area contributed by atoms with Crippen LogP contribution in [0.25, 0.3) is 0 Å². The van der Waals surface area contributed by atoms with E-state index >= 15 is 0 Å². The lowest BCUT2D eigenvalue weighted by molar-refractivity contribution is 0.709. The van der Waals surface area contributed by atoms with Crippen LogP contribution in [0.1, 0.15) is 55.1 Å². The van der Waals surface area contributed by atoms with E-state index in [0.29, 0.717) is 18.4 Å². The number of thiazole rings is 1. The van der Waals surface area contributed by atoms with Gasteiger partial charge in [-0.15, -0.1) is 22.7 Å². The Kier molecular flexibility index (Phi) is 7.05. The summed E-state index contributed by atoms with van der Waals surface area (Å²) in [6.07, 6.45) is 0. The number of nitrogens with zero attached hydrogens (tertiary/aromatic N) is 2. The maximum atomic E-state index is 4.66. The number of hydrogen-bond donors (Lipinski definition) is 2. The first-order valence-electron chi connectivity index (χ1n) is 8.10. The van der Waals surface area contributed by atoms with Crippen LogP contribution >= 0.6 is 22.7 Å². The van der Waals surface area contributed by atoms with Crippen molar-refractivity contribution in [3.63, 3.8) is 0 Å². The average molecular weight is 351 g/mol. The third-order valence-corrected chi connectivity index (χ3v) is 5.44. The van der Waals surface area contributed by atoms with Crippen LogP contribution < -0.4 is 10.6 Å². The summed E-state index contributed by atoms with van der Waals surface area (Å²) < 4.78 is 0. The van der Waals surface area contributed by atoms with Gasteiger partial charge in [-0.2, -0.15) is 0 Å². The van der Waals surface area contributed by atoms with Gasteiger partial charge < -0.3 is 10.6 Å². The summed E-state index contributed by atoms with van der Waals surface area (Å²) >= 11 is 3.49. The van der Waals surface area contributed by atoms with Crippen molar-refractivity contribution in [2.24, 2.45) is 4.99 Å². The van der Waals surface area contributed by atoms with Crippen LogP contribution in [0.15, 0.2) is 27.9 Å². The molecule has 0 aromatic carbocycles. The third kappa shape index (κ3) is 5.62. The number of aromatic nitrogens is 1. The van der Waals surface area contributed by atoms with Crippen LogP contribution in [0, 0.1) is 0 Å². The Morgan fingerprint density at radius 3 is 2.70 bits per heavy atom. The van der Waals surface area contributed by atoms with Gasteiger partial charge in [-0.05, 0) is 24.3 Å². The molecule has 6 heteroatoms. The zero-order valence-electron chi connectivity index (χ0n) is 14.3. The Hall–Kier alpha value is -1.40. The molecule has 2 aromatic heterocycles. The van der Waals surface area contributed by atoms with Gasteiger partial charge in [0.1, 0.15) is 5.01 Å². The lowest BCUT2D eigenvalue weighted by Gasteiger charge is -2.14. The van der Waals surface area contributed by atoms with Gasteiger partial charge in [0.25, 0.3) is 0 Å². The Balaban J connectivity index is 1.91. The molecule has 1 unspecified atom stereocenters. The summed E-state index contributed by atoms with van der Waals surface area (Å²) in [6, 6.07) is 4.29. The first-order chi connectivity index (χ1) is 11.1. The van der Waals surface area contributed by atoms with Crippen molar-refractivity contribution in [1.82, 2.24) is 15.6 Å². The predicted molar refractivity (Wildman–Crippen MR) is 102 cm³/mol. The van der Waals surface area contributed by atoms with Crippen molar-refractivity contribution in [1.29, 1.82) is 0 Å². The molecule has 0 spiro atoms. The van der Waals surface area contributed by atoms with Gasteiger partial charge in [0.15, 0.2) is 5.96 Å². The second-order valence-corrected chi connectivity index (χ2v) is 7.74. The number of rotatable bonds is 7. The largest absolute Gasteiger partial charge is 0.357 e. The molecular weight excluding hydrogens is 324 g/mol. The molecule has 4 nitrogen and oxygen atoms in total. The van der Waals surface area contributed by atoms with Crippen LogP contribution in [-0.2, 0) is 6.54 Å². The predicted octanol–water partition coefficient (Wildman–Crippen LogP) is 4.19. The van der Waals surface area contributed by atoms with Gasteiger partial charge in [0.2, 0.25) is 0 Å². The zero-order chi connectivity index (χ0) is 16.7. The van der Waals surface area contributed by atoms with E-state index in [1.807, 2.05) is 0 Å². The van der Waals surface area contributed by atoms with E-state index in [1.54, 1.807) is 22.7 Å². The molecule has 2 aromatic rings. The lowest BCUT2D eigenvalue weighted by atomic mass is 10.1. The van der Waals surface area contributed by atoms with Gasteiger partial charge in [-0.25, -0.2) is 9.98 Å². The minimum absolute atomic E-state index is 0.474. The summed E-state index contributed by atoms with van der Waals surface area (Å²) in [6.45, 7) is 11.0. The van der Waals surface area contributed by atoms with Crippen molar-refractivity contribution in [2.75, 3.05) is 13.1 Å². The fraction of sp³-hybridized carbons (Fsp3) is 0.529. The first-order valence-corrected chi connectivity index (χ1v) is 9.86. The molecule has 1 atom stereocenters. The second-order valence-electron chi connectivity index (χ2n) is 5.81. The fourth-order valence-corrected chi connectivity index (χ4v) is 3.74. The Morgan fingerprint density at radius 1 is 1.26 bits per heavy atom. The van der Waals surface area contributed by atoms with E-state index in [2.05, 4.69) is 71.2 Å². The number of nitrogens with one attached hydrogen (secondary N) is 2. The maximum absolute atomic E-state index is 4.66. The minimum atomic E-state index is 0.474. The van der Waals surface area contributed by atoms with E-state index in [9.17, 15) is 0 Å². The molecule has 0 aliphatic carbocycles. The molecule has 2 rings (SSSR count). The molecule has 2 heterocycles. The highest BCUT2D eigenvalue weighted by Gasteiger charge is 2.08. The van der Waals surface area contributed by atoms with Gasteiger partial charge in [-0.1, -0.05) is 26.8 Å². The summed E-state index contributed by atoms with van der Waals surface area (Å²) in [5.74, 6) is 1.81. The monoisotopic (exact) mass is 350 g/mol. The van der Waals surface area contributed by atoms with Crippen molar-refractivity contribution < 1.29 is 0 Å². The molecule has 0 aliphatic rings. The van der Waals surface area contributed by atoms with Crippen LogP contribution in [0.2, 0.25) is 0 Å². The quantitative estimate of drug-likeness (QED) is 0.581. The molecule has 126 valence electrons. The van der Waals surface area contributed by atoms with Crippen molar-refractivity contribution >= 4 is 28.6 Å². The zero-order valence-corrected chi connectivity index (χ0v) is 15.9. The summed E-state index contributed by atoms with van der Waals surface area (Å²) in [4.78, 5) is 10.7. The highest BCUT2D eigenvalue weighted by atomic mass is 32.1. The van der Waals surface area contributed by atoms with Gasteiger partial charge in [-0.3, -0.25) is 0 Å². The molecule has 0 radical (unpaired) electrons. The summed E-state index contributed by atoms with van der Waals surface area (Å²) in [5, 5.41) is 12.1. The molecule has 2 N–H and O–H groups in total. The van der Waals surface area contributed by atoms with E-state index in [1.165, 1.54) is 4.88 Å². The van der Waals surface area contributed by atoms with E-state index in [-0.39, 0.29) is 0 Å². The van der Waals surface area contributed by atoms with E-state index < -0.39 is 0 Å². The van der Waals surface area contributed by atoms with Crippen molar-refractivity contribution in [3.8, 4) is 0 Å². The topological polar surface area (TPSA) is 49.3 Å². The molecular formula is C17H26N4S2. The molecule has 0 aliphatic heterocycles. The Bertz CT molecular complexity index is 602. The second kappa shape index (κ2) is 9.03. The number of guanidine groups is 1. The molecule has 0 bridgehead atoms. The number of thiophene rings is 1.